The topological polar surface area (TPSA) is 130 Å². The van der Waals surface area contributed by atoms with Crippen LogP contribution in [0, 0.1) is 0 Å². The molecule has 1 amide bonds. The van der Waals surface area contributed by atoms with Crippen LogP contribution in [-0.2, 0) is 6.61 Å². The Morgan fingerprint density at radius 1 is 1.43 bits per heavy atom. The number of nitrogens with two attached hydrogens (primary N) is 1. The predicted molar refractivity (Wildman–Crippen MR) is 103 cm³/mol. The molecule has 28 heavy (non-hydrogen) atoms. The Balaban J connectivity index is 1.56. The maximum Gasteiger partial charge on any atom is 0.254 e. The van der Waals surface area contributed by atoms with Crippen LogP contribution in [0.1, 0.15) is 28.8 Å². The van der Waals surface area contributed by atoms with Crippen LogP contribution in [0.25, 0.3) is 11.2 Å². The number of nitrogens with zero attached hydrogens (tertiary/aromatic N) is 4. The Morgan fingerprint density at radius 3 is 3.11 bits per heavy atom. The number of ether oxygens (including phenoxy) is 1. The standard InChI is InChI=1S/C18H19ClN6O3/c19-13-4-3-10(18(27)25-5-1-2-12(25)8-26)6-11(13)9-28-14-7-15(20)21-17-16(14)22-24-23-17/h3-4,6-7,12,26H,1-2,5,8-9H2,(H3,20,21,22,23,24)/t12-/m0/s1. The van der Waals surface area contributed by atoms with E-state index in [9.17, 15) is 9.90 Å². The first-order valence-corrected chi connectivity index (χ1v) is 9.25. The van der Waals surface area contributed by atoms with E-state index >= 15 is 0 Å². The van der Waals surface area contributed by atoms with E-state index in [1.165, 1.54) is 0 Å². The molecule has 9 nitrogen and oxygen atoms in total. The van der Waals surface area contributed by atoms with Crippen molar-refractivity contribution in [2.24, 2.45) is 0 Å². The Kier molecular flexibility index (Phi) is 5.01. The Hall–Kier alpha value is -2.91. The van der Waals surface area contributed by atoms with Crippen molar-refractivity contribution in [1.29, 1.82) is 0 Å². The van der Waals surface area contributed by atoms with Crippen LogP contribution in [0.3, 0.4) is 0 Å². The van der Waals surface area contributed by atoms with Gasteiger partial charge in [-0.3, -0.25) is 4.79 Å². The third-order valence-corrected chi connectivity index (χ3v) is 5.18. The lowest BCUT2D eigenvalue weighted by Crippen LogP contribution is -2.37. The summed E-state index contributed by atoms with van der Waals surface area (Å²) in [4.78, 5) is 18.6. The summed E-state index contributed by atoms with van der Waals surface area (Å²) < 4.78 is 5.84. The SMILES string of the molecule is Nc1cc(OCc2cc(C(=O)N3CCC[C@H]3CO)ccc2Cl)c2nn[nH]c2n1. The molecule has 1 aliphatic rings. The normalized spacial score (nSPS) is 16.6. The van der Waals surface area contributed by atoms with E-state index in [2.05, 4.69) is 20.4 Å². The zero-order valence-corrected chi connectivity index (χ0v) is 15.7. The number of hydrogen-bond acceptors (Lipinski definition) is 7. The minimum absolute atomic E-state index is 0.0353. The van der Waals surface area contributed by atoms with E-state index in [1.54, 1.807) is 29.2 Å². The minimum atomic E-state index is -0.136. The van der Waals surface area contributed by atoms with Crippen molar-refractivity contribution in [3.05, 3.63) is 40.4 Å². The molecule has 1 fully saturated rings. The van der Waals surface area contributed by atoms with Gasteiger partial charge in [-0.25, -0.2) is 10.1 Å². The number of nitrogens with one attached hydrogen (secondary N) is 1. The third kappa shape index (κ3) is 3.46. The number of anilines is 1. The van der Waals surface area contributed by atoms with Gasteiger partial charge >= 0.3 is 0 Å². The second-order valence-corrected chi connectivity index (χ2v) is 7.03. The van der Waals surface area contributed by atoms with Gasteiger partial charge in [-0.1, -0.05) is 16.8 Å². The van der Waals surface area contributed by atoms with Crippen LogP contribution in [0.15, 0.2) is 24.3 Å². The number of H-pyrrole nitrogens is 1. The van der Waals surface area contributed by atoms with Crippen LogP contribution < -0.4 is 10.5 Å². The summed E-state index contributed by atoms with van der Waals surface area (Å²) in [5, 5.41) is 20.2. The molecule has 0 saturated carbocycles. The first-order chi connectivity index (χ1) is 13.6. The van der Waals surface area contributed by atoms with Gasteiger partial charge in [-0.05, 0) is 31.0 Å². The summed E-state index contributed by atoms with van der Waals surface area (Å²) in [5.41, 5.74) is 7.82. The van der Waals surface area contributed by atoms with Crippen LogP contribution in [0.5, 0.6) is 5.75 Å². The van der Waals surface area contributed by atoms with Gasteiger partial charge in [0.1, 0.15) is 12.4 Å². The number of nitrogen functional groups attached to an aromatic ring is 1. The van der Waals surface area contributed by atoms with Crippen molar-refractivity contribution < 1.29 is 14.6 Å². The number of fused-ring (bicyclic) bond motifs is 1. The average Bonchev–Trinajstić information content (AvgIpc) is 3.35. The van der Waals surface area contributed by atoms with E-state index in [4.69, 9.17) is 22.1 Å². The van der Waals surface area contributed by atoms with Crippen LogP contribution in [0.4, 0.5) is 5.82 Å². The van der Waals surface area contributed by atoms with E-state index < -0.39 is 0 Å². The average molecular weight is 403 g/mol. The number of amides is 1. The first kappa shape index (κ1) is 18.5. The summed E-state index contributed by atoms with van der Waals surface area (Å²) in [7, 11) is 0. The Morgan fingerprint density at radius 2 is 2.29 bits per heavy atom. The molecule has 1 aliphatic heterocycles. The van der Waals surface area contributed by atoms with Gasteiger partial charge in [-0.15, -0.1) is 5.10 Å². The van der Waals surface area contributed by atoms with Crippen LogP contribution in [-0.4, -0.2) is 55.5 Å². The van der Waals surface area contributed by atoms with Gasteiger partial charge in [0.15, 0.2) is 16.9 Å². The summed E-state index contributed by atoms with van der Waals surface area (Å²) >= 11 is 6.30. The molecule has 2 aromatic heterocycles. The molecule has 3 heterocycles. The number of rotatable bonds is 5. The summed E-state index contributed by atoms with van der Waals surface area (Å²) in [6.45, 7) is 0.722. The molecule has 1 atom stereocenters. The molecule has 0 radical (unpaired) electrons. The molecule has 1 aromatic carbocycles. The Bertz CT molecular complexity index is 1020. The monoisotopic (exact) mass is 402 g/mol. The number of likely N-dealkylation sites (tertiary alicyclic amines) is 1. The molecule has 10 heteroatoms. The molecule has 146 valence electrons. The highest BCUT2D eigenvalue weighted by molar-refractivity contribution is 6.31. The smallest absolute Gasteiger partial charge is 0.254 e. The molecule has 4 rings (SSSR count). The molecule has 0 aliphatic carbocycles. The quantitative estimate of drug-likeness (QED) is 0.592. The maximum absolute atomic E-state index is 12.8. The number of carbonyl (C=O) groups excluding carboxylic acids is 1. The van der Waals surface area contributed by atoms with E-state index in [0.29, 0.717) is 39.6 Å². The number of benzene rings is 1. The van der Waals surface area contributed by atoms with Gasteiger partial charge in [0.2, 0.25) is 0 Å². The highest BCUT2D eigenvalue weighted by Crippen LogP contribution is 2.27. The molecular weight excluding hydrogens is 384 g/mol. The first-order valence-electron chi connectivity index (χ1n) is 8.87. The van der Waals surface area contributed by atoms with Gasteiger partial charge in [0.05, 0.1) is 12.6 Å². The Labute approximate surface area is 165 Å². The second-order valence-electron chi connectivity index (χ2n) is 6.63. The lowest BCUT2D eigenvalue weighted by Gasteiger charge is -2.23. The largest absolute Gasteiger partial charge is 0.486 e. The highest BCUT2D eigenvalue weighted by atomic mass is 35.5. The number of aromatic amines is 1. The predicted octanol–water partition coefficient (Wildman–Crippen LogP) is 1.76. The fraction of sp³-hybridized carbons (Fsp3) is 0.333. The van der Waals surface area contributed by atoms with Crippen molar-refractivity contribution in [2.45, 2.75) is 25.5 Å². The second kappa shape index (κ2) is 7.61. The van der Waals surface area contributed by atoms with Crippen molar-refractivity contribution in [2.75, 3.05) is 18.9 Å². The van der Waals surface area contributed by atoms with Crippen molar-refractivity contribution >= 4 is 34.5 Å². The van der Waals surface area contributed by atoms with Gasteiger partial charge < -0.3 is 20.5 Å². The van der Waals surface area contributed by atoms with Crippen LogP contribution in [0.2, 0.25) is 5.02 Å². The zero-order valence-electron chi connectivity index (χ0n) is 14.9. The van der Waals surface area contributed by atoms with Crippen molar-refractivity contribution in [3.8, 4) is 5.75 Å². The number of carbonyl (C=O) groups is 1. The van der Waals surface area contributed by atoms with Gasteiger partial charge in [-0.2, -0.15) is 0 Å². The van der Waals surface area contributed by atoms with Gasteiger partial charge in [0, 0.05) is 28.8 Å². The molecule has 0 spiro atoms. The summed E-state index contributed by atoms with van der Waals surface area (Å²) in [5.74, 6) is 0.568. The molecule has 1 saturated heterocycles. The van der Waals surface area contributed by atoms with Crippen molar-refractivity contribution in [1.82, 2.24) is 25.3 Å². The van der Waals surface area contributed by atoms with Crippen molar-refractivity contribution in [3.63, 3.8) is 0 Å². The van der Waals surface area contributed by atoms with E-state index in [0.717, 1.165) is 12.8 Å². The molecule has 0 bridgehead atoms. The molecule has 0 unspecified atom stereocenters. The summed E-state index contributed by atoms with van der Waals surface area (Å²) in [6.07, 6.45) is 1.70. The highest BCUT2D eigenvalue weighted by Gasteiger charge is 2.29. The maximum atomic E-state index is 12.8. The third-order valence-electron chi connectivity index (χ3n) is 4.81. The van der Waals surface area contributed by atoms with Crippen LogP contribution >= 0.6 is 11.6 Å². The molecule has 3 aromatic rings. The van der Waals surface area contributed by atoms with E-state index in [1.807, 2.05) is 0 Å². The number of hydrogen-bond donors (Lipinski definition) is 3. The number of aliphatic hydroxyl groups is 1. The number of pyridine rings is 1. The minimum Gasteiger partial charge on any atom is -0.486 e. The number of aromatic nitrogens is 4. The zero-order chi connectivity index (χ0) is 19.7. The lowest BCUT2D eigenvalue weighted by atomic mass is 10.1. The molecule has 4 N–H and O–H groups in total. The lowest BCUT2D eigenvalue weighted by molar-refractivity contribution is 0.0677. The summed E-state index contributed by atoms with van der Waals surface area (Å²) in [6, 6.07) is 6.49. The fourth-order valence-corrected chi connectivity index (χ4v) is 3.55. The van der Waals surface area contributed by atoms with E-state index in [-0.39, 0.29) is 31.0 Å². The fourth-order valence-electron chi connectivity index (χ4n) is 3.37. The molecular formula is C18H19ClN6O3. The number of halogens is 1. The number of aliphatic hydroxyl groups excluding tert-OH is 1. The van der Waals surface area contributed by atoms with Gasteiger partial charge in [0.25, 0.3) is 5.91 Å².